The van der Waals surface area contributed by atoms with Crippen LogP contribution in [0, 0.1) is 5.92 Å². The monoisotopic (exact) mass is 255 g/mol. The van der Waals surface area contributed by atoms with Crippen molar-refractivity contribution in [1.29, 1.82) is 0 Å². The zero-order valence-corrected chi connectivity index (χ0v) is 11.3. The van der Waals surface area contributed by atoms with Gasteiger partial charge < -0.3 is 9.84 Å². The highest BCUT2D eigenvalue weighted by Gasteiger charge is 2.37. The van der Waals surface area contributed by atoms with Crippen LogP contribution in [0.2, 0.25) is 0 Å². The summed E-state index contributed by atoms with van der Waals surface area (Å²) >= 11 is 0. The third-order valence-electron chi connectivity index (χ3n) is 3.90. The number of carboxylic acids is 1. The molecule has 1 unspecified atom stereocenters. The van der Waals surface area contributed by atoms with Crippen molar-refractivity contribution in [3.63, 3.8) is 0 Å². The highest BCUT2D eigenvalue weighted by molar-refractivity contribution is 5.78. The number of hydrogen-bond donors (Lipinski definition) is 2. The topological polar surface area (TPSA) is 58.6 Å². The SMILES string of the molecule is CC(CCCOCCC1CC1)(NC1CC1)C(=O)O. The van der Waals surface area contributed by atoms with Crippen molar-refractivity contribution in [2.45, 2.75) is 63.5 Å². The van der Waals surface area contributed by atoms with Crippen molar-refractivity contribution in [2.24, 2.45) is 5.92 Å². The smallest absolute Gasteiger partial charge is 0.323 e. The summed E-state index contributed by atoms with van der Waals surface area (Å²) in [5.41, 5.74) is -0.777. The van der Waals surface area contributed by atoms with E-state index in [-0.39, 0.29) is 0 Å². The molecule has 0 amide bonds. The van der Waals surface area contributed by atoms with Crippen LogP contribution in [0.4, 0.5) is 0 Å². The average molecular weight is 255 g/mol. The van der Waals surface area contributed by atoms with Crippen molar-refractivity contribution in [2.75, 3.05) is 13.2 Å². The number of carboxylic acid groups (broad SMARTS) is 1. The molecule has 0 bridgehead atoms. The van der Waals surface area contributed by atoms with Crippen LogP contribution < -0.4 is 5.32 Å². The van der Waals surface area contributed by atoms with E-state index in [2.05, 4.69) is 5.32 Å². The van der Waals surface area contributed by atoms with Crippen molar-refractivity contribution in [3.05, 3.63) is 0 Å². The molecule has 1 atom stereocenters. The first kappa shape index (κ1) is 13.8. The Morgan fingerprint density at radius 3 is 2.61 bits per heavy atom. The molecular weight excluding hydrogens is 230 g/mol. The van der Waals surface area contributed by atoms with E-state index in [1.54, 1.807) is 6.92 Å². The molecule has 0 aromatic heterocycles. The molecule has 0 radical (unpaired) electrons. The minimum atomic E-state index is -0.777. The maximum Gasteiger partial charge on any atom is 0.323 e. The summed E-state index contributed by atoms with van der Waals surface area (Å²) in [6, 6.07) is 0.418. The predicted molar refractivity (Wildman–Crippen MR) is 69.6 cm³/mol. The summed E-state index contributed by atoms with van der Waals surface area (Å²) in [7, 11) is 0. The average Bonchev–Trinajstić information content (AvgIpc) is 3.17. The Morgan fingerprint density at radius 1 is 1.33 bits per heavy atom. The van der Waals surface area contributed by atoms with E-state index in [4.69, 9.17) is 4.74 Å². The molecule has 0 aliphatic heterocycles. The first-order valence-electron chi connectivity index (χ1n) is 7.19. The molecule has 4 nitrogen and oxygen atoms in total. The highest BCUT2D eigenvalue weighted by atomic mass is 16.5. The Bertz CT molecular complexity index is 287. The predicted octanol–water partition coefficient (Wildman–Crippen LogP) is 2.18. The van der Waals surface area contributed by atoms with Gasteiger partial charge >= 0.3 is 5.97 Å². The molecule has 2 fully saturated rings. The van der Waals surface area contributed by atoms with Gasteiger partial charge in [0, 0.05) is 19.3 Å². The lowest BCUT2D eigenvalue weighted by Gasteiger charge is -2.26. The molecule has 4 heteroatoms. The molecule has 0 aromatic carbocycles. The molecule has 2 aliphatic rings. The standard InChI is InChI=1S/C14H25NO3/c1-14(13(16)17,15-12-5-6-12)8-2-9-18-10-7-11-3-4-11/h11-12,15H,2-10H2,1H3,(H,16,17). The Balaban J connectivity index is 1.57. The highest BCUT2D eigenvalue weighted by Crippen LogP contribution is 2.32. The number of carbonyl (C=O) groups is 1. The fraction of sp³-hybridized carbons (Fsp3) is 0.929. The van der Waals surface area contributed by atoms with E-state index in [1.807, 2.05) is 0 Å². The maximum absolute atomic E-state index is 11.3. The Morgan fingerprint density at radius 2 is 2.06 bits per heavy atom. The number of nitrogens with one attached hydrogen (secondary N) is 1. The summed E-state index contributed by atoms with van der Waals surface area (Å²) in [5.74, 6) is 0.165. The van der Waals surface area contributed by atoms with Crippen LogP contribution in [-0.4, -0.2) is 35.9 Å². The van der Waals surface area contributed by atoms with E-state index in [0.717, 1.165) is 31.8 Å². The van der Waals surface area contributed by atoms with Gasteiger partial charge in [-0.3, -0.25) is 10.1 Å². The zero-order valence-electron chi connectivity index (χ0n) is 11.3. The second-order valence-electron chi connectivity index (χ2n) is 6.00. The zero-order chi connectivity index (χ0) is 13.0. The van der Waals surface area contributed by atoms with Gasteiger partial charge in [-0.15, -0.1) is 0 Å². The summed E-state index contributed by atoms with van der Waals surface area (Å²) < 4.78 is 5.56. The molecule has 104 valence electrons. The summed E-state index contributed by atoms with van der Waals surface area (Å²) in [5, 5.41) is 12.5. The van der Waals surface area contributed by atoms with E-state index < -0.39 is 11.5 Å². The quantitative estimate of drug-likeness (QED) is 0.587. The molecule has 2 saturated carbocycles. The van der Waals surface area contributed by atoms with Crippen molar-refractivity contribution >= 4 is 5.97 Å². The van der Waals surface area contributed by atoms with Gasteiger partial charge in [0.2, 0.25) is 0 Å². The van der Waals surface area contributed by atoms with Gasteiger partial charge in [-0.1, -0.05) is 12.8 Å². The first-order valence-corrected chi connectivity index (χ1v) is 7.19. The van der Waals surface area contributed by atoms with Gasteiger partial charge in [0.1, 0.15) is 5.54 Å². The van der Waals surface area contributed by atoms with Crippen LogP contribution in [-0.2, 0) is 9.53 Å². The van der Waals surface area contributed by atoms with Gasteiger partial charge in [-0.25, -0.2) is 0 Å². The van der Waals surface area contributed by atoms with E-state index in [9.17, 15) is 9.90 Å². The maximum atomic E-state index is 11.3. The summed E-state index contributed by atoms with van der Waals surface area (Å²) in [4.78, 5) is 11.3. The number of ether oxygens (including phenoxy) is 1. The third kappa shape index (κ3) is 4.58. The van der Waals surface area contributed by atoms with Crippen LogP contribution in [0.15, 0.2) is 0 Å². The molecule has 0 saturated heterocycles. The lowest BCUT2D eigenvalue weighted by atomic mass is 9.96. The fourth-order valence-electron chi connectivity index (χ4n) is 2.21. The van der Waals surface area contributed by atoms with Crippen molar-refractivity contribution in [3.8, 4) is 0 Å². The van der Waals surface area contributed by atoms with Crippen LogP contribution in [0.25, 0.3) is 0 Å². The molecule has 2 N–H and O–H groups in total. The largest absolute Gasteiger partial charge is 0.480 e. The van der Waals surface area contributed by atoms with Gasteiger partial charge in [0.05, 0.1) is 0 Å². The molecule has 0 spiro atoms. The van der Waals surface area contributed by atoms with Gasteiger partial charge in [-0.05, 0) is 44.9 Å². The van der Waals surface area contributed by atoms with Gasteiger partial charge in [0.25, 0.3) is 0 Å². The van der Waals surface area contributed by atoms with Crippen LogP contribution in [0.5, 0.6) is 0 Å². The number of hydrogen-bond acceptors (Lipinski definition) is 3. The minimum absolute atomic E-state index is 0.418. The normalized spacial score (nSPS) is 22.7. The van der Waals surface area contributed by atoms with E-state index in [0.29, 0.717) is 19.1 Å². The molecular formula is C14H25NO3. The van der Waals surface area contributed by atoms with Gasteiger partial charge in [0.15, 0.2) is 0 Å². The minimum Gasteiger partial charge on any atom is -0.480 e. The fourth-order valence-corrected chi connectivity index (χ4v) is 2.21. The van der Waals surface area contributed by atoms with E-state index in [1.165, 1.54) is 19.3 Å². The lowest BCUT2D eigenvalue weighted by Crippen LogP contribution is -2.50. The second-order valence-corrected chi connectivity index (χ2v) is 6.00. The van der Waals surface area contributed by atoms with Crippen LogP contribution >= 0.6 is 0 Å². The molecule has 0 heterocycles. The number of aliphatic carboxylic acids is 1. The molecule has 18 heavy (non-hydrogen) atoms. The second kappa shape index (κ2) is 6.02. The van der Waals surface area contributed by atoms with E-state index >= 15 is 0 Å². The first-order chi connectivity index (χ1) is 8.60. The van der Waals surface area contributed by atoms with Crippen molar-refractivity contribution in [1.82, 2.24) is 5.32 Å². The third-order valence-corrected chi connectivity index (χ3v) is 3.90. The lowest BCUT2D eigenvalue weighted by molar-refractivity contribution is -0.144. The Hall–Kier alpha value is -0.610. The van der Waals surface area contributed by atoms with Crippen LogP contribution in [0.3, 0.4) is 0 Å². The Labute approximate surface area is 109 Å². The molecule has 2 aliphatic carbocycles. The summed E-state index contributed by atoms with van der Waals surface area (Å²) in [6.45, 7) is 3.31. The molecule has 0 aromatic rings. The number of rotatable bonds is 10. The van der Waals surface area contributed by atoms with Crippen molar-refractivity contribution < 1.29 is 14.6 Å². The van der Waals surface area contributed by atoms with Crippen LogP contribution in [0.1, 0.15) is 51.9 Å². The molecule has 2 rings (SSSR count). The Kier molecular flexibility index (Phi) is 4.62. The summed E-state index contributed by atoms with van der Waals surface area (Å²) in [6.07, 6.45) is 7.59. The van der Waals surface area contributed by atoms with Gasteiger partial charge in [-0.2, -0.15) is 0 Å².